The van der Waals surface area contributed by atoms with Crippen LogP contribution >= 0.6 is 0 Å². The first-order valence-corrected chi connectivity index (χ1v) is 7.96. The number of aromatic nitrogens is 3. The van der Waals surface area contributed by atoms with Gasteiger partial charge in [-0.25, -0.2) is 9.97 Å². The van der Waals surface area contributed by atoms with E-state index in [0.717, 1.165) is 18.7 Å². The normalized spacial score (nSPS) is 17.8. The number of piperidine rings is 1. The lowest BCUT2D eigenvalue weighted by Gasteiger charge is -2.30. The highest BCUT2D eigenvalue weighted by atomic mass is 16.1. The fourth-order valence-corrected chi connectivity index (χ4v) is 2.76. The molecule has 1 aliphatic rings. The lowest BCUT2D eigenvalue weighted by molar-refractivity contribution is 0.0950. The standard InChI is InChI=1S/C17H21N5O/c1-13-3-2-8-22(12-13)17-20-10-15(11-21-17)16(23)19-9-14-4-6-18-7-5-14/h4-7,10-11,13H,2-3,8-9,12H2,1H3,(H,19,23). The van der Waals surface area contributed by atoms with Crippen molar-refractivity contribution in [2.24, 2.45) is 5.92 Å². The molecule has 1 atom stereocenters. The van der Waals surface area contributed by atoms with Crippen LogP contribution in [0.1, 0.15) is 35.7 Å². The van der Waals surface area contributed by atoms with Crippen LogP contribution in [0.15, 0.2) is 36.9 Å². The van der Waals surface area contributed by atoms with Crippen LogP contribution in [0.3, 0.4) is 0 Å². The SMILES string of the molecule is CC1CCCN(c2ncc(C(=O)NCc3ccncc3)cn2)C1. The van der Waals surface area contributed by atoms with E-state index in [1.165, 1.54) is 12.8 Å². The maximum Gasteiger partial charge on any atom is 0.254 e. The van der Waals surface area contributed by atoms with Gasteiger partial charge in [0.2, 0.25) is 5.95 Å². The van der Waals surface area contributed by atoms with Gasteiger partial charge in [0.25, 0.3) is 5.91 Å². The lowest BCUT2D eigenvalue weighted by atomic mass is 10.0. The maximum atomic E-state index is 12.1. The summed E-state index contributed by atoms with van der Waals surface area (Å²) in [5, 5.41) is 2.86. The van der Waals surface area contributed by atoms with Crippen molar-refractivity contribution in [2.45, 2.75) is 26.3 Å². The first-order chi connectivity index (χ1) is 11.2. The molecule has 1 amide bonds. The Bertz CT molecular complexity index is 644. The largest absolute Gasteiger partial charge is 0.348 e. The number of amides is 1. The van der Waals surface area contributed by atoms with Crippen molar-refractivity contribution >= 4 is 11.9 Å². The average molecular weight is 311 g/mol. The number of rotatable bonds is 4. The van der Waals surface area contributed by atoms with E-state index in [-0.39, 0.29) is 5.91 Å². The molecule has 0 saturated carbocycles. The molecule has 0 radical (unpaired) electrons. The number of hydrogen-bond donors (Lipinski definition) is 1. The summed E-state index contributed by atoms with van der Waals surface area (Å²) in [6.07, 6.45) is 9.04. The Balaban J connectivity index is 1.59. The number of hydrogen-bond acceptors (Lipinski definition) is 5. The van der Waals surface area contributed by atoms with E-state index in [1.807, 2.05) is 12.1 Å². The van der Waals surface area contributed by atoms with E-state index in [2.05, 4.69) is 32.1 Å². The second kappa shape index (κ2) is 7.17. The van der Waals surface area contributed by atoms with Crippen molar-refractivity contribution in [3.8, 4) is 0 Å². The highest BCUT2D eigenvalue weighted by Gasteiger charge is 2.18. The van der Waals surface area contributed by atoms with Crippen molar-refractivity contribution in [2.75, 3.05) is 18.0 Å². The molecule has 1 aliphatic heterocycles. The van der Waals surface area contributed by atoms with E-state index in [1.54, 1.807) is 24.8 Å². The Morgan fingerprint density at radius 2 is 2.04 bits per heavy atom. The summed E-state index contributed by atoms with van der Waals surface area (Å²) in [7, 11) is 0. The third-order valence-electron chi connectivity index (χ3n) is 4.04. The molecular weight excluding hydrogens is 290 g/mol. The van der Waals surface area contributed by atoms with Gasteiger partial charge >= 0.3 is 0 Å². The molecule has 3 rings (SSSR count). The molecule has 0 bridgehead atoms. The fraction of sp³-hybridized carbons (Fsp3) is 0.412. The summed E-state index contributed by atoms with van der Waals surface area (Å²) >= 11 is 0. The lowest BCUT2D eigenvalue weighted by Crippen LogP contribution is -2.35. The Morgan fingerprint density at radius 1 is 1.30 bits per heavy atom. The molecule has 2 aromatic rings. The highest BCUT2D eigenvalue weighted by molar-refractivity contribution is 5.93. The Hall–Kier alpha value is -2.50. The molecule has 1 saturated heterocycles. The van der Waals surface area contributed by atoms with Crippen LogP contribution < -0.4 is 10.2 Å². The first-order valence-electron chi connectivity index (χ1n) is 7.96. The number of carbonyl (C=O) groups is 1. The van der Waals surface area contributed by atoms with Crippen molar-refractivity contribution < 1.29 is 4.79 Å². The number of anilines is 1. The van der Waals surface area contributed by atoms with Gasteiger partial charge < -0.3 is 10.2 Å². The van der Waals surface area contributed by atoms with Gasteiger partial charge in [0.15, 0.2) is 0 Å². The fourth-order valence-electron chi connectivity index (χ4n) is 2.76. The minimum Gasteiger partial charge on any atom is -0.348 e. The van der Waals surface area contributed by atoms with Crippen molar-refractivity contribution in [3.05, 3.63) is 48.0 Å². The molecule has 0 aliphatic carbocycles. The van der Waals surface area contributed by atoms with E-state index in [4.69, 9.17) is 0 Å². The van der Waals surface area contributed by atoms with Gasteiger partial charge in [0.1, 0.15) is 0 Å². The van der Waals surface area contributed by atoms with Gasteiger partial charge in [0, 0.05) is 44.4 Å². The summed E-state index contributed by atoms with van der Waals surface area (Å²) in [6, 6.07) is 3.74. The van der Waals surface area contributed by atoms with Crippen LogP contribution in [0.25, 0.3) is 0 Å². The summed E-state index contributed by atoms with van der Waals surface area (Å²) in [5.74, 6) is 1.21. The average Bonchev–Trinajstić information content (AvgIpc) is 2.61. The molecule has 0 aromatic carbocycles. The highest BCUT2D eigenvalue weighted by Crippen LogP contribution is 2.19. The number of nitrogens with one attached hydrogen (secondary N) is 1. The Labute approximate surface area is 136 Å². The summed E-state index contributed by atoms with van der Waals surface area (Å²) in [4.78, 5) is 27.0. The summed E-state index contributed by atoms with van der Waals surface area (Å²) in [5.41, 5.74) is 1.49. The molecule has 2 aromatic heterocycles. The van der Waals surface area contributed by atoms with Gasteiger partial charge in [-0.15, -0.1) is 0 Å². The first kappa shape index (κ1) is 15.4. The molecule has 1 unspecified atom stereocenters. The van der Waals surface area contributed by atoms with Gasteiger partial charge in [-0.2, -0.15) is 0 Å². The van der Waals surface area contributed by atoms with Gasteiger partial charge in [-0.05, 0) is 36.5 Å². The van der Waals surface area contributed by atoms with Gasteiger partial charge in [-0.1, -0.05) is 6.92 Å². The predicted molar refractivity (Wildman–Crippen MR) is 88.1 cm³/mol. The summed E-state index contributed by atoms with van der Waals surface area (Å²) in [6.45, 7) is 4.67. The van der Waals surface area contributed by atoms with Crippen LogP contribution in [0, 0.1) is 5.92 Å². The van der Waals surface area contributed by atoms with Crippen LogP contribution in [-0.2, 0) is 6.54 Å². The zero-order valence-corrected chi connectivity index (χ0v) is 13.3. The van der Waals surface area contributed by atoms with Crippen molar-refractivity contribution in [1.29, 1.82) is 0 Å². The van der Waals surface area contributed by atoms with Crippen LogP contribution in [0.4, 0.5) is 5.95 Å². The smallest absolute Gasteiger partial charge is 0.254 e. The molecule has 3 heterocycles. The topological polar surface area (TPSA) is 71.0 Å². The van der Waals surface area contributed by atoms with E-state index in [0.29, 0.717) is 24.0 Å². The number of nitrogens with zero attached hydrogens (tertiary/aromatic N) is 4. The van der Waals surface area contributed by atoms with E-state index in [9.17, 15) is 4.79 Å². The molecule has 1 fully saturated rings. The van der Waals surface area contributed by atoms with Gasteiger partial charge in [-0.3, -0.25) is 9.78 Å². The predicted octanol–water partition coefficient (Wildman–Crippen LogP) is 2.04. The second-order valence-corrected chi connectivity index (χ2v) is 6.00. The molecule has 6 nitrogen and oxygen atoms in total. The third-order valence-corrected chi connectivity index (χ3v) is 4.04. The zero-order valence-electron chi connectivity index (χ0n) is 13.3. The van der Waals surface area contributed by atoms with Crippen molar-refractivity contribution in [1.82, 2.24) is 20.3 Å². The molecule has 1 N–H and O–H groups in total. The minimum atomic E-state index is -0.166. The van der Waals surface area contributed by atoms with Gasteiger partial charge in [0.05, 0.1) is 5.56 Å². The molecular formula is C17H21N5O. The van der Waals surface area contributed by atoms with E-state index >= 15 is 0 Å². The quantitative estimate of drug-likeness (QED) is 0.935. The third kappa shape index (κ3) is 4.03. The molecule has 6 heteroatoms. The van der Waals surface area contributed by atoms with Crippen molar-refractivity contribution in [3.63, 3.8) is 0 Å². The zero-order chi connectivity index (χ0) is 16.1. The Morgan fingerprint density at radius 3 is 2.74 bits per heavy atom. The second-order valence-electron chi connectivity index (χ2n) is 6.00. The minimum absolute atomic E-state index is 0.166. The number of pyridine rings is 1. The monoisotopic (exact) mass is 311 g/mol. The molecule has 23 heavy (non-hydrogen) atoms. The van der Waals surface area contributed by atoms with Crippen LogP contribution in [0.2, 0.25) is 0 Å². The van der Waals surface area contributed by atoms with E-state index < -0.39 is 0 Å². The molecule has 0 spiro atoms. The molecule has 120 valence electrons. The summed E-state index contributed by atoms with van der Waals surface area (Å²) < 4.78 is 0. The Kier molecular flexibility index (Phi) is 4.80. The van der Waals surface area contributed by atoms with Crippen LogP contribution in [0.5, 0.6) is 0 Å². The maximum absolute atomic E-state index is 12.1. The van der Waals surface area contributed by atoms with Crippen LogP contribution in [-0.4, -0.2) is 33.9 Å². The number of carbonyl (C=O) groups excluding carboxylic acids is 1.